The molecule has 5 heteroatoms. The van der Waals surface area contributed by atoms with Gasteiger partial charge in [-0.3, -0.25) is 0 Å². The third kappa shape index (κ3) is 4.35. The Kier molecular flexibility index (Phi) is 5.14. The molecular formula is C6H11NO4. The molecular weight excluding hydrogens is 150 g/mol. The summed E-state index contributed by atoms with van der Waals surface area (Å²) in [5, 5.41) is 8.28. The normalized spacial score (nSPS) is 11.0. The number of carbonyl (C=O) groups is 1. The van der Waals surface area contributed by atoms with Gasteiger partial charge in [-0.2, -0.15) is 5.90 Å². The van der Waals surface area contributed by atoms with E-state index in [9.17, 15) is 4.79 Å². The van der Waals surface area contributed by atoms with Gasteiger partial charge in [-0.15, -0.1) is 0 Å². The fourth-order valence-electron chi connectivity index (χ4n) is 0.378. The molecule has 0 saturated heterocycles. The molecule has 0 fully saturated rings. The number of hydrogen-bond donors (Lipinski definition) is 2. The summed E-state index contributed by atoms with van der Waals surface area (Å²) in [4.78, 5) is 14.4. The molecule has 0 rings (SSSR count). The highest BCUT2D eigenvalue weighted by Crippen LogP contribution is 1.94. The Morgan fingerprint density at radius 3 is 2.82 bits per heavy atom. The molecule has 0 aromatic carbocycles. The third-order valence-corrected chi connectivity index (χ3v) is 0.898. The fourth-order valence-corrected chi connectivity index (χ4v) is 0.378. The van der Waals surface area contributed by atoms with Crippen molar-refractivity contribution in [1.82, 2.24) is 0 Å². The minimum atomic E-state index is -0.650. The van der Waals surface area contributed by atoms with Gasteiger partial charge in [0.1, 0.15) is 6.61 Å². The lowest BCUT2D eigenvalue weighted by Crippen LogP contribution is -2.11. The van der Waals surface area contributed by atoms with E-state index in [-0.39, 0.29) is 18.8 Å². The topological polar surface area (TPSA) is 81.8 Å². The number of aliphatic hydroxyl groups excluding tert-OH is 1. The molecule has 0 aromatic rings. The summed E-state index contributed by atoms with van der Waals surface area (Å²) in [6.45, 7) is 1.54. The number of ether oxygens (including phenoxy) is 1. The number of aliphatic hydroxyl groups is 1. The summed E-state index contributed by atoms with van der Waals surface area (Å²) in [5.41, 5.74) is 0.251. The molecule has 11 heavy (non-hydrogen) atoms. The average molecular weight is 161 g/mol. The molecule has 3 N–H and O–H groups in total. The molecule has 0 spiro atoms. The first-order valence-corrected chi connectivity index (χ1v) is 3.02. The minimum Gasteiger partial charge on any atom is -0.498 e. The Hall–Kier alpha value is -1.07. The van der Waals surface area contributed by atoms with Crippen LogP contribution in [-0.4, -0.2) is 24.3 Å². The van der Waals surface area contributed by atoms with Crippen LogP contribution in [0.25, 0.3) is 0 Å². The second-order valence-corrected chi connectivity index (χ2v) is 1.80. The van der Waals surface area contributed by atoms with Gasteiger partial charge in [-0.25, -0.2) is 4.79 Å². The highest BCUT2D eigenvalue weighted by atomic mass is 16.7. The summed E-state index contributed by atoms with van der Waals surface area (Å²) < 4.78 is 4.70. The molecule has 5 nitrogen and oxygen atoms in total. The first kappa shape index (κ1) is 9.93. The van der Waals surface area contributed by atoms with Crippen LogP contribution >= 0.6 is 0 Å². The number of rotatable bonds is 4. The predicted molar refractivity (Wildman–Crippen MR) is 37.1 cm³/mol. The van der Waals surface area contributed by atoms with Gasteiger partial charge in [-0.05, 0) is 6.92 Å². The van der Waals surface area contributed by atoms with Gasteiger partial charge in [0.05, 0.1) is 18.4 Å². The van der Waals surface area contributed by atoms with Crippen molar-refractivity contribution in [3.05, 3.63) is 11.8 Å². The molecule has 0 atom stereocenters. The Balaban J connectivity index is 3.71. The van der Waals surface area contributed by atoms with Crippen LogP contribution in [0.1, 0.15) is 6.92 Å². The predicted octanol–water partition coefficient (Wildman–Crippen LogP) is -0.684. The van der Waals surface area contributed by atoms with Crippen molar-refractivity contribution >= 4 is 5.97 Å². The lowest BCUT2D eigenvalue weighted by atomic mass is 10.3. The standard InChI is InChI=1S/C6H11NO4/c1-5(6(9)11-7)4-10-3-2-8/h4,8H,2-3,7H2,1H3. The van der Waals surface area contributed by atoms with E-state index in [1.165, 1.54) is 13.2 Å². The van der Waals surface area contributed by atoms with Gasteiger partial charge >= 0.3 is 5.97 Å². The fraction of sp³-hybridized carbons (Fsp3) is 0.500. The summed E-state index contributed by atoms with van der Waals surface area (Å²) in [6, 6.07) is 0. The van der Waals surface area contributed by atoms with E-state index < -0.39 is 5.97 Å². The minimum absolute atomic E-state index is 0.0958. The maximum Gasteiger partial charge on any atom is 0.355 e. The van der Waals surface area contributed by atoms with Crippen LogP contribution in [0.15, 0.2) is 11.8 Å². The smallest absolute Gasteiger partial charge is 0.355 e. The molecule has 0 aliphatic heterocycles. The van der Waals surface area contributed by atoms with Crippen molar-refractivity contribution in [2.24, 2.45) is 5.90 Å². The van der Waals surface area contributed by atoms with E-state index in [4.69, 9.17) is 9.84 Å². The zero-order valence-electron chi connectivity index (χ0n) is 6.24. The highest BCUT2D eigenvalue weighted by Gasteiger charge is 2.02. The van der Waals surface area contributed by atoms with Crippen molar-refractivity contribution in [1.29, 1.82) is 0 Å². The van der Waals surface area contributed by atoms with Gasteiger partial charge in [0.15, 0.2) is 0 Å². The number of nitrogens with two attached hydrogens (primary N) is 1. The SMILES string of the molecule is CC(=COCCO)C(=O)ON. The maximum absolute atomic E-state index is 10.5. The highest BCUT2D eigenvalue weighted by molar-refractivity contribution is 5.87. The average Bonchev–Trinajstić information content (AvgIpc) is 2.03. The van der Waals surface area contributed by atoms with Crippen molar-refractivity contribution in [3.8, 4) is 0 Å². The zero-order chi connectivity index (χ0) is 8.69. The van der Waals surface area contributed by atoms with E-state index >= 15 is 0 Å². The molecule has 0 amide bonds. The van der Waals surface area contributed by atoms with E-state index in [0.29, 0.717) is 0 Å². The van der Waals surface area contributed by atoms with E-state index in [2.05, 4.69) is 10.7 Å². The third-order valence-electron chi connectivity index (χ3n) is 0.898. The Bertz CT molecular complexity index is 155. The largest absolute Gasteiger partial charge is 0.498 e. The van der Waals surface area contributed by atoms with Gasteiger partial charge in [0, 0.05) is 0 Å². The van der Waals surface area contributed by atoms with E-state index in [1.807, 2.05) is 0 Å². The molecule has 0 unspecified atom stereocenters. The van der Waals surface area contributed by atoms with Gasteiger partial charge in [0.25, 0.3) is 0 Å². The maximum atomic E-state index is 10.5. The summed E-state index contributed by atoms with van der Waals surface area (Å²) >= 11 is 0. The summed E-state index contributed by atoms with van der Waals surface area (Å²) in [6.07, 6.45) is 1.19. The summed E-state index contributed by atoms with van der Waals surface area (Å²) in [5.74, 6) is 3.93. The van der Waals surface area contributed by atoms with Gasteiger partial charge in [-0.1, -0.05) is 0 Å². The van der Waals surface area contributed by atoms with Crippen LogP contribution in [0.3, 0.4) is 0 Å². The van der Waals surface area contributed by atoms with Crippen molar-refractivity contribution < 1.29 is 19.5 Å². The van der Waals surface area contributed by atoms with Crippen LogP contribution in [0.4, 0.5) is 0 Å². The molecule has 0 heterocycles. The van der Waals surface area contributed by atoms with Gasteiger partial charge in [0.2, 0.25) is 0 Å². The Morgan fingerprint density at radius 2 is 2.36 bits per heavy atom. The molecule has 0 aliphatic carbocycles. The second-order valence-electron chi connectivity index (χ2n) is 1.80. The van der Waals surface area contributed by atoms with Crippen molar-refractivity contribution in [2.45, 2.75) is 6.92 Å². The molecule has 0 aliphatic rings. The first-order chi connectivity index (χ1) is 5.22. The molecule has 0 saturated carbocycles. The Morgan fingerprint density at radius 1 is 1.73 bits per heavy atom. The van der Waals surface area contributed by atoms with Crippen molar-refractivity contribution in [2.75, 3.05) is 13.2 Å². The van der Waals surface area contributed by atoms with Crippen molar-refractivity contribution in [3.63, 3.8) is 0 Å². The van der Waals surface area contributed by atoms with Gasteiger partial charge < -0.3 is 14.7 Å². The molecule has 0 aromatic heterocycles. The lowest BCUT2D eigenvalue weighted by Gasteiger charge is -1.98. The first-order valence-electron chi connectivity index (χ1n) is 3.02. The monoisotopic (exact) mass is 161 g/mol. The zero-order valence-corrected chi connectivity index (χ0v) is 6.24. The number of hydrogen-bond acceptors (Lipinski definition) is 5. The van der Waals surface area contributed by atoms with Crippen LogP contribution in [-0.2, 0) is 14.4 Å². The lowest BCUT2D eigenvalue weighted by molar-refractivity contribution is -0.139. The molecule has 0 radical (unpaired) electrons. The molecule has 0 bridgehead atoms. The van der Waals surface area contributed by atoms with E-state index in [1.54, 1.807) is 0 Å². The number of carbonyl (C=O) groups excluding carboxylic acids is 1. The van der Waals surface area contributed by atoms with Crippen LogP contribution in [0.5, 0.6) is 0 Å². The van der Waals surface area contributed by atoms with Crippen LogP contribution < -0.4 is 5.90 Å². The second kappa shape index (κ2) is 5.70. The van der Waals surface area contributed by atoms with Crippen LogP contribution in [0.2, 0.25) is 0 Å². The van der Waals surface area contributed by atoms with E-state index in [0.717, 1.165) is 0 Å². The quantitative estimate of drug-likeness (QED) is 0.247. The summed E-state index contributed by atoms with van der Waals surface area (Å²) in [7, 11) is 0. The Labute approximate surface area is 64.4 Å². The van der Waals surface area contributed by atoms with Crippen LogP contribution in [0, 0.1) is 0 Å². The molecule has 64 valence electrons.